The van der Waals surface area contributed by atoms with Crippen molar-refractivity contribution in [3.8, 4) is 5.75 Å². The van der Waals surface area contributed by atoms with Gasteiger partial charge in [-0.05, 0) is 50.2 Å². The van der Waals surface area contributed by atoms with Gasteiger partial charge in [0.15, 0.2) is 0 Å². The second-order valence-corrected chi connectivity index (χ2v) is 9.77. The van der Waals surface area contributed by atoms with Crippen LogP contribution in [0.15, 0.2) is 59.6 Å². The van der Waals surface area contributed by atoms with Gasteiger partial charge in [0.25, 0.3) is 0 Å². The Kier molecular flexibility index (Phi) is 9.50. The number of nitrogens with two attached hydrogens (primary N) is 1. The van der Waals surface area contributed by atoms with E-state index in [4.69, 9.17) is 19.9 Å². The van der Waals surface area contributed by atoms with Crippen molar-refractivity contribution in [2.75, 3.05) is 50.7 Å². The van der Waals surface area contributed by atoms with Crippen LogP contribution in [0.1, 0.15) is 25.8 Å². The molecular formula is C28H35N5O6. The van der Waals surface area contributed by atoms with E-state index in [0.29, 0.717) is 43.1 Å². The van der Waals surface area contributed by atoms with Gasteiger partial charge >= 0.3 is 18.2 Å². The molecule has 11 heteroatoms. The SMILES string of the molecule is CC(C)OC(=O)CCN1CCN(CC2CN(c3ccc(C(N)=NC(=O)Oc4ccccc4)cc3)C(=O)O2)CC1. The number of hydrogen-bond donors (Lipinski definition) is 1. The number of rotatable bonds is 9. The van der Waals surface area contributed by atoms with Crippen LogP contribution in [0.3, 0.4) is 0 Å². The summed E-state index contributed by atoms with van der Waals surface area (Å²) in [5.41, 5.74) is 7.18. The summed E-state index contributed by atoms with van der Waals surface area (Å²) in [7, 11) is 0. The Hall–Kier alpha value is -3.96. The lowest BCUT2D eigenvalue weighted by atomic mass is 10.1. The highest BCUT2D eigenvalue weighted by molar-refractivity contribution is 6.03. The number of amidine groups is 1. The zero-order valence-electron chi connectivity index (χ0n) is 22.3. The Morgan fingerprint density at radius 2 is 1.69 bits per heavy atom. The van der Waals surface area contributed by atoms with Crippen molar-refractivity contribution in [1.82, 2.24) is 9.80 Å². The summed E-state index contributed by atoms with van der Waals surface area (Å²) in [6.07, 6.45) is -1.17. The Morgan fingerprint density at radius 3 is 2.36 bits per heavy atom. The van der Waals surface area contributed by atoms with E-state index in [2.05, 4.69) is 14.8 Å². The Bertz CT molecular complexity index is 1160. The molecule has 2 amide bonds. The van der Waals surface area contributed by atoms with Crippen molar-refractivity contribution in [2.24, 2.45) is 10.7 Å². The second-order valence-electron chi connectivity index (χ2n) is 9.77. The zero-order valence-corrected chi connectivity index (χ0v) is 22.3. The highest BCUT2D eigenvalue weighted by Gasteiger charge is 2.34. The summed E-state index contributed by atoms with van der Waals surface area (Å²) >= 11 is 0. The Labute approximate surface area is 228 Å². The molecule has 2 aromatic carbocycles. The van der Waals surface area contributed by atoms with Crippen molar-refractivity contribution >= 4 is 29.7 Å². The maximum absolute atomic E-state index is 12.6. The number of para-hydroxylation sites is 1. The molecule has 2 aromatic rings. The topological polar surface area (TPSA) is 127 Å². The Morgan fingerprint density at radius 1 is 1.03 bits per heavy atom. The number of benzene rings is 2. The van der Waals surface area contributed by atoms with E-state index in [0.717, 1.165) is 26.2 Å². The lowest BCUT2D eigenvalue weighted by Gasteiger charge is -2.35. The summed E-state index contributed by atoms with van der Waals surface area (Å²) in [6, 6.07) is 15.5. The molecule has 1 unspecified atom stereocenters. The van der Waals surface area contributed by atoms with Gasteiger partial charge in [-0.25, -0.2) is 9.59 Å². The van der Waals surface area contributed by atoms with E-state index in [1.165, 1.54) is 0 Å². The number of hydrogen-bond acceptors (Lipinski definition) is 8. The number of ether oxygens (including phenoxy) is 3. The van der Waals surface area contributed by atoms with E-state index in [1.807, 2.05) is 19.9 Å². The minimum atomic E-state index is -0.816. The first kappa shape index (κ1) is 28.1. The minimum absolute atomic E-state index is 0.0142. The van der Waals surface area contributed by atoms with Crippen LogP contribution < -0.4 is 15.4 Å². The molecule has 0 aromatic heterocycles. The third kappa shape index (κ3) is 8.26. The van der Waals surface area contributed by atoms with Crippen molar-refractivity contribution in [3.05, 3.63) is 60.2 Å². The third-order valence-corrected chi connectivity index (χ3v) is 6.43. The summed E-state index contributed by atoms with van der Waals surface area (Å²) in [6.45, 7) is 8.85. The van der Waals surface area contributed by atoms with Crippen LogP contribution >= 0.6 is 0 Å². The smallest absolute Gasteiger partial charge is 0.441 e. The molecule has 2 heterocycles. The molecule has 208 valence electrons. The molecule has 1 atom stereocenters. The van der Waals surface area contributed by atoms with Crippen LogP contribution in [0.25, 0.3) is 0 Å². The highest BCUT2D eigenvalue weighted by atomic mass is 16.6. The van der Waals surface area contributed by atoms with Crippen molar-refractivity contribution < 1.29 is 28.6 Å². The molecule has 0 saturated carbocycles. The fourth-order valence-electron chi connectivity index (χ4n) is 4.47. The number of anilines is 1. The molecule has 4 rings (SSSR count). The van der Waals surface area contributed by atoms with E-state index in [-0.39, 0.29) is 24.0 Å². The molecule has 0 radical (unpaired) electrons. The van der Waals surface area contributed by atoms with Crippen molar-refractivity contribution in [3.63, 3.8) is 0 Å². The van der Waals surface area contributed by atoms with Gasteiger partial charge in [-0.1, -0.05) is 18.2 Å². The quantitative estimate of drug-likeness (QED) is 0.292. The molecule has 0 aliphatic carbocycles. The maximum Gasteiger partial charge on any atom is 0.441 e. The summed E-state index contributed by atoms with van der Waals surface area (Å²) in [5, 5.41) is 0. The fourth-order valence-corrected chi connectivity index (χ4v) is 4.47. The van der Waals surface area contributed by atoms with Crippen molar-refractivity contribution in [2.45, 2.75) is 32.5 Å². The lowest BCUT2D eigenvalue weighted by molar-refractivity contribution is -0.147. The first-order chi connectivity index (χ1) is 18.8. The van der Waals surface area contributed by atoms with Crippen LogP contribution in [0, 0.1) is 0 Å². The van der Waals surface area contributed by atoms with Gasteiger partial charge < -0.3 is 24.8 Å². The molecule has 2 saturated heterocycles. The summed E-state index contributed by atoms with van der Waals surface area (Å²) in [5.74, 6) is 0.223. The van der Waals surface area contributed by atoms with Crippen LogP contribution in [-0.2, 0) is 14.3 Å². The van der Waals surface area contributed by atoms with Gasteiger partial charge in [-0.2, -0.15) is 4.99 Å². The van der Waals surface area contributed by atoms with E-state index in [9.17, 15) is 14.4 Å². The molecule has 11 nitrogen and oxygen atoms in total. The molecule has 39 heavy (non-hydrogen) atoms. The zero-order chi connectivity index (χ0) is 27.8. The number of carbonyl (C=O) groups is 3. The van der Waals surface area contributed by atoms with E-state index >= 15 is 0 Å². The normalized spacial score (nSPS) is 18.7. The van der Waals surface area contributed by atoms with Crippen LogP contribution in [0.5, 0.6) is 5.75 Å². The van der Waals surface area contributed by atoms with Gasteiger partial charge in [0, 0.05) is 50.5 Å². The number of nitrogens with zero attached hydrogens (tertiary/aromatic N) is 4. The van der Waals surface area contributed by atoms with Gasteiger partial charge in [-0.15, -0.1) is 0 Å². The summed E-state index contributed by atoms with van der Waals surface area (Å²) in [4.78, 5) is 46.3. The van der Waals surface area contributed by atoms with E-state index < -0.39 is 12.2 Å². The predicted molar refractivity (Wildman–Crippen MR) is 146 cm³/mol. The molecule has 0 spiro atoms. The predicted octanol–water partition coefficient (Wildman–Crippen LogP) is 2.88. The summed E-state index contributed by atoms with van der Waals surface area (Å²) < 4.78 is 16.0. The average Bonchev–Trinajstić information content (AvgIpc) is 3.28. The first-order valence-corrected chi connectivity index (χ1v) is 13.1. The van der Waals surface area contributed by atoms with E-state index in [1.54, 1.807) is 53.4 Å². The van der Waals surface area contributed by atoms with Crippen molar-refractivity contribution in [1.29, 1.82) is 0 Å². The average molecular weight is 538 g/mol. The Balaban J connectivity index is 1.23. The number of carbonyl (C=O) groups excluding carboxylic acids is 3. The first-order valence-electron chi connectivity index (χ1n) is 13.1. The van der Waals surface area contributed by atoms with Gasteiger partial charge in [0.2, 0.25) is 0 Å². The second kappa shape index (κ2) is 13.2. The number of aliphatic imine (C=N–C) groups is 1. The molecule has 2 aliphatic heterocycles. The van der Waals surface area contributed by atoms with Crippen LogP contribution in [0.2, 0.25) is 0 Å². The molecule has 0 bridgehead atoms. The monoisotopic (exact) mass is 537 g/mol. The highest BCUT2D eigenvalue weighted by Crippen LogP contribution is 2.23. The van der Waals surface area contributed by atoms with Gasteiger partial charge in [0.1, 0.15) is 17.7 Å². The number of esters is 1. The van der Waals surface area contributed by atoms with Crippen LogP contribution in [-0.4, -0.2) is 91.8 Å². The number of piperazine rings is 1. The fraction of sp³-hybridized carbons (Fsp3) is 0.429. The van der Waals surface area contributed by atoms with Gasteiger partial charge in [-0.3, -0.25) is 14.6 Å². The van der Waals surface area contributed by atoms with Gasteiger partial charge in [0.05, 0.1) is 19.1 Å². The number of amides is 2. The maximum atomic E-state index is 12.6. The largest absolute Gasteiger partial charge is 0.463 e. The molecular weight excluding hydrogens is 502 g/mol. The standard InChI is InChI=1S/C28H35N5O6/c1-20(2)37-25(34)12-13-31-14-16-32(17-15-31)18-24-19-33(28(36)39-24)22-10-8-21(9-11-22)26(29)30-27(35)38-23-6-4-3-5-7-23/h3-11,20,24H,12-19H2,1-2H3,(H2,29,30,35). The minimum Gasteiger partial charge on any atom is -0.463 e. The lowest BCUT2D eigenvalue weighted by Crippen LogP contribution is -2.49. The number of cyclic esters (lactones) is 1. The van der Waals surface area contributed by atoms with Crippen LogP contribution in [0.4, 0.5) is 15.3 Å². The molecule has 2 N–H and O–H groups in total. The molecule has 2 fully saturated rings. The third-order valence-electron chi connectivity index (χ3n) is 6.43. The molecule has 2 aliphatic rings.